The van der Waals surface area contributed by atoms with Crippen molar-refractivity contribution < 1.29 is 21.6 Å². The predicted octanol–water partition coefficient (Wildman–Crippen LogP) is 1.57. The van der Waals surface area contributed by atoms with Gasteiger partial charge in [-0.1, -0.05) is 0 Å². The van der Waals surface area contributed by atoms with Gasteiger partial charge in [0, 0.05) is 0 Å². The summed E-state index contributed by atoms with van der Waals surface area (Å²) in [5.74, 6) is -1.44. The Morgan fingerprint density at radius 3 is 2.40 bits per heavy atom. The molecule has 1 rings (SSSR count). The Hall–Kier alpha value is -0.670. The molecule has 0 radical (unpaired) electrons. The van der Waals surface area contributed by atoms with Crippen molar-refractivity contribution in [2.45, 2.75) is 11.3 Å². The van der Waals surface area contributed by atoms with Crippen LogP contribution in [0.25, 0.3) is 0 Å². The first-order chi connectivity index (χ1) is 6.73. The van der Waals surface area contributed by atoms with Crippen LogP contribution in [0.4, 0.5) is 13.2 Å². The monoisotopic (exact) mass is 304 g/mol. The van der Waals surface area contributed by atoms with Gasteiger partial charge in [0.25, 0.3) is 6.43 Å². The number of nitrogens with two attached hydrogens (primary N) is 1. The highest BCUT2D eigenvalue weighted by atomic mass is 79.9. The molecule has 0 unspecified atom stereocenters. The number of alkyl halides is 2. The van der Waals surface area contributed by atoms with Crippen LogP contribution < -0.4 is 5.14 Å². The Bertz CT molecular complexity index is 491. The van der Waals surface area contributed by atoms with Crippen molar-refractivity contribution in [2.24, 2.45) is 5.14 Å². The topological polar surface area (TPSA) is 73.1 Å². The zero-order valence-electron chi connectivity index (χ0n) is 6.92. The van der Waals surface area contributed by atoms with Gasteiger partial charge < -0.3 is 0 Å². The smallest absolute Gasteiger partial charge is 0.225 e. The minimum absolute atomic E-state index is 0.438. The van der Waals surface area contributed by atoms with E-state index in [0.29, 0.717) is 6.07 Å². The zero-order chi connectivity index (χ0) is 11.8. The number of nitrogens with zero attached hydrogens (tertiary/aromatic N) is 1. The van der Waals surface area contributed by atoms with Crippen LogP contribution in [0.3, 0.4) is 0 Å². The lowest BCUT2D eigenvalue weighted by molar-refractivity contribution is 0.144. The minimum atomic E-state index is -4.22. The van der Waals surface area contributed by atoms with Crippen molar-refractivity contribution in [3.8, 4) is 0 Å². The molecule has 9 heteroatoms. The van der Waals surface area contributed by atoms with Crippen LogP contribution in [0.1, 0.15) is 12.0 Å². The molecule has 0 fully saturated rings. The highest BCUT2D eigenvalue weighted by molar-refractivity contribution is 9.10. The maximum Gasteiger partial charge on any atom is 0.268 e. The Labute approximate surface area is 91.5 Å². The van der Waals surface area contributed by atoms with Crippen molar-refractivity contribution in [2.75, 3.05) is 0 Å². The number of sulfonamides is 1. The van der Waals surface area contributed by atoms with Gasteiger partial charge in [-0.25, -0.2) is 27.3 Å². The van der Waals surface area contributed by atoms with E-state index < -0.39 is 37.5 Å². The summed E-state index contributed by atoms with van der Waals surface area (Å²) in [6, 6.07) is 0.451. The largest absolute Gasteiger partial charge is 0.268 e. The van der Waals surface area contributed by atoms with Crippen molar-refractivity contribution in [3.63, 3.8) is 0 Å². The quantitative estimate of drug-likeness (QED) is 0.843. The normalized spacial score (nSPS) is 12.1. The van der Waals surface area contributed by atoms with E-state index in [-0.39, 0.29) is 0 Å². The summed E-state index contributed by atoms with van der Waals surface area (Å²) in [4.78, 5) is 2.29. The van der Waals surface area contributed by atoms with Gasteiger partial charge in [0.2, 0.25) is 16.0 Å². The summed E-state index contributed by atoms with van der Waals surface area (Å²) in [6.07, 6.45) is -3.16. The third-order valence-electron chi connectivity index (χ3n) is 1.47. The fraction of sp³-hybridized carbons (Fsp3) is 0.167. The van der Waals surface area contributed by atoms with Crippen LogP contribution in [0.15, 0.2) is 15.6 Å². The number of halogens is 4. The fourth-order valence-corrected chi connectivity index (χ4v) is 2.34. The average Bonchev–Trinajstić information content (AvgIpc) is 2.00. The molecule has 0 amide bonds. The standard InChI is InChI=1S/C6H4BrF3N2O2S/c7-4-3(15(11,13)14)1-2(5(8)9)6(10)12-4/h1,5H,(H2,11,13,14). The molecule has 84 valence electrons. The van der Waals surface area contributed by atoms with Crippen molar-refractivity contribution in [3.05, 3.63) is 22.2 Å². The zero-order valence-corrected chi connectivity index (χ0v) is 9.32. The van der Waals surface area contributed by atoms with Gasteiger partial charge in [0.15, 0.2) is 0 Å². The van der Waals surface area contributed by atoms with E-state index in [2.05, 4.69) is 20.9 Å². The Balaban J connectivity index is 3.50. The molecular weight excluding hydrogens is 301 g/mol. The molecule has 0 spiro atoms. The molecule has 0 atom stereocenters. The number of hydrogen-bond donors (Lipinski definition) is 1. The van der Waals surface area contributed by atoms with Crippen molar-refractivity contribution in [1.82, 2.24) is 4.98 Å². The molecule has 1 aromatic heterocycles. The first-order valence-corrected chi connectivity index (χ1v) is 5.74. The summed E-state index contributed by atoms with van der Waals surface area (Å²) >= 11 is 2.61. The van der Waals surface area contributed by atoms with Crippen molar-refractivity contribution in [1.29, 1.82) is 0 Å². The third kappa shape index (κ3) is 2.67. The number of aromatic nitrogens is 1. The molecule has 0 aliphatic carbocycles. The molecule has 0 aliphatic heterocycles. The van der Waals surface area contributed by atoms with Gasteiger partial charge in [-0.05, 0) is 22.0 Å². The summed E-state index contributed by atoms with van der Waals surface area (Å²) in [7, 11) is -4.22. The summed E-state index contributed by atoms with van der Waals surface area (Å²) in [5.41, 5.74) is -1.11. The van der Waals surface area contributed by atoms with E-state index >= 15 is 0 Å². The number of hydrogen-bond acceptors (Lipinski definition) is 3. The van der Waals surface area contributed by atoms with E-state index in [1.807, 2.05) is 0 Å². The molecule has 15 heavy (non-hydrogen) atoms. The third-order valence-corrected chi connectivity index (χ3v) is 3.26. The Morgan fingerprint density at radius 1 is 1.47 bits per heavy atom. The Kier molecular flexibility index (Phi) is 3.36. The van der Waals surface area contributed by atoms with Crippen molar-refractivity contribution >= 4 is 26.0 Å². The molecule has 1 aromatic rings. The molecule has 2 N–H and O–H groups in total. The highest BCUT2D eigenvalue weighted by Gasteiger charge is 2.22. The number of pyridine rings is 1. The lowest BCUT2D eigenvalue weighted by Gasteiger charge is -2.05. The number of rotatable bonds is 2. The number of primary sulfonamides is 1. The predicted molar refractivity (Wildman–Crippen MR) is 48.2 cm³/mol. The second-order valence-corrected chi connectivity index (χ2v) is 4.78. The molecule has 4 nitrogen and oxygen atoms in total. The summed E-state index contributed by atoms with van der Waals surface area (Å²) in [6.45, 7) is 0. The lowest BCUT2D eigenvalue weighted by Crippen LogP contribution is -2.15. The van der Waals surface area contributed by atoms with Gasteiger partial charge in [-0.3, -0.25) is 0 Å². The molecular formula is C6H4BrF3N2O2S. The Morgan fingerprint density at radius 2 is 2.00 bits per heavy atom. The summed E-state index contributed by atoms with van der Waals surface area (Å²) in [5, 5.41) is 4.71. The molecule has 0 bridgehead atoms. The fourth-order valence-electron chi connectivity index (χ4n) is 0.819. The maximum absolute atomic E-state index is 12.8. The van der Waals surface area contributed by atoms with Gasteiger partial charge in [-0.2, -0.15) is 4.39 Å². The van der Waals surface area contributed by atoms with Gasteiger partial charge >= 0.3 is 0 Å². The van der Waals surface area contributed by atoms with Crippen LogP contribution in [-0.2, 0) is 10.0 Å². The van der Waals surface area contributed by atoms with E-state index in [1.165, 1.54) is 0 Å². The maximum atomic E-state index is 12.8. The molecule has 0 saturated heterocycles. The SMILES string of the molecule is NS(=O)(=O)c1cc(C(F)F)c(F)nc1Br. The van der Waals surface area contributed by atoms with Gasteiger partial charge in [-0.15, -0.1) is 0 Å². The van der Waals surface area contributed by atoms with E-state index in [1.54, 1.807) is 0 Å². The van der Waals surface area contributed by atoms with E-state index in [9.17, 15) is 21.6 Å². The van der Waals surface area contributed by atoms with Crippen LogP contribution in [-0.4, -0.2) is 13.4 Å². The molecule has 0 saturated carbocycles. The van der Waals surface area contributed by atoms with E-state index in [0.717, 1.165) is 0 Å². The minimum Gasteiger partial charge on any atom is -0.225 e. The van der Waals surface area contributed by atoms with Gasteiger partial charge in [0.1, 0.15) is 9.50 Å². The lowest BCUT2D eigenvalue weighted by atomic mass is 10.3. The van der Waals surface area contributed by atoms with Crippen LogP contribution in [0.5, 0.6) is 0 Å². The molecule has 1 heterocycles. The molecule has 0 aromatic carbocycles. The van der Waals surface area contributed by atoms with E-state index in [4.69, 9.17) is 5.14 Å². The summed E-state index contributed by atoms with van der Waals surface area (Å²) < 4.78 is 58.5. The first kappa shape index (κ1) is 12.4. The molecule has 0 aliphatic rings. The van der Waals surface area contributed by atoms with Crippen LogP contribution >= 0.6 is 15.9 Å². The van der Waals surface area contributed by atoms with Crippen LogP contribution in [0, 0.1) is 5.95 Å². The second kappa shape index (κ2) is 4.06. The average molecular weight is 305 g/mol. The first-order valence-electron chi connectivity index (χ1n) is 3.40. The van der Waals surface area contributed by atoms with Crippen LogP contribution in [0.2, 0.25) is 0 Å². The highest BCUT2D eigenvalue weighted by Crippen LogP contribution is 2.27. The van der Waals surface area contributed by atoms with Gasteiger partial charge in [0.05, 0.1) is 5.56 Å². The second-order valence-electron chi connectivity index (χ2n) is 2.50.